The molecule has 0 spiro atoms. The number of sulfone groups is 1. The Labute approximate surface area is 190 Å². The van der Waals surface area contributed by atoms with Crippen LogP contribution in [0, 0.1) is 0 Å². The first kappa shape index (κ1) is 21.3. The molecule has 1 aromatic heterocycles. The maximum atomic E-state index is 13.5. The van der Waals surface area contributed by atoms with Crippen LogP contribution in [-0.4, -0.2) is 66.3 Å². The number of phenolic OH excluding ortho intramolecular Hbond substituents is 1. The first-order chi connectivity index (χ1) is 15.8. The number of rotatable bonds is 5. The second kappa shape index (κ2) is 7.80. The number of aromatic hydroxyl groups is 1. The summed E-state index contributed by atoms with van der Waals surface area (Å²) in [6.45, 7) is 0. The molecule has 33 heavy (non-hydrogen) atoms. The quantitative estimate of drug-likeness (QED) is 0.589. The number of hydrogen-bond acceptors (Lipinski definition) is 7. The van der Waals surface area contributed by atoms with E-state index in [0.717, 1.165) is 5.56 Å². The second-order valence-electron chi connectivity index (χ2n) is 8.16. The molecule has 10 heteroatoms. The average Bonchev–Trinajstić information content (AvgIpc) is 3.47. The first-order valence-electron chi connectivity index (χ1n) is 10.5. The van der Waals surface area contributed by atoms with E-state index >= 15 is 0 Å². The molecule has 0 aliphatic carbocycles. The molecule has 2 aromatic carbocycles. The van der Waals surface area contributed by atoms with Crippen molar-refractivity contribution in [3.8, 4) is 28.5 Å². The zero-order valence-corrected chi connectivity index (χ0v) is 18.9. The van der Waals surface area contributed by atoms with Crippen LogP contribution in [0.25, 0.3) is 11.3 Å². The Kier molecular flexibility index (Phi) is 5.04. The number of carbonyl (C=O) groups is 1. The van der Waals surface area contributed by atoms with Gasteiger partial charge in [0, 0.05) is 17.2 Å². The summed E-state index contributed by atoms with van der Waals surface area (Å²) in [5.41, 5.74) is 2.53. The number of aromatic nitrogens is 2. The molecule has 2 N–H and O–H groups in total. The number of phenols is 1. The molecule has 1 saturated heterocycles. The van der Waals surface area contributed by atoms with Crippen LogP contribution in [0.2, 0.25) is 0 Å². The molecular formula is C23H23N3O6S. The Morgan fingerprint density at radius 2 is 1.88 bits per heavy atom. The number of amides is 1. The summed E-state index contributed by atoms with van der Waals surface area (Å²) in [7, 11) is -0.164. The monoisotopic (exact) mass is 469 g/mol. The van der Waals surface area contributed by atoms with Gasteiger partial charge in [-0.25, -0.2) is 8.42 Å². The predicted molar refractivity (Wildman–Crippen MR) is 120 cm³/mol. The van der Waals surface area contributed by atoms with Gasteiger partial charge in [-0.2, -0.15) is 5.10 Å². The topological polar surface area (TPSA) is 122 Å². The van der Waals surface area contributed by atoms with Crippen LogP contribution in [-0.2, 0) is 9.84 Å². The van der Waals surface area contributed by atoms with E-state index in [0.29, 0.717) is 34.7 Å². The normalized spacial score (nSPS) is 21.3. The third-order valence-electron chi connectivity index (χ3n) is 6.29. The Morgan fingerprint density at radius 3 is 2.55 bits per heavy atom. The van der Waals surface area contributed by atoms with Gasteiger partial charge in [0.2, 0.25) is 0 Å². The van der Waals surface area contributed by atoms with Crippen molar-refractivity contribution in [3.05, 3.63) is 59.3 Å². The fourth-order valence-corrected chi connectivity index (χ4v) is 6.48. The molecular weight excluding hydrogens is 446 g/mol. The first-order valence-corrected chi connectivity index (χ1v) is 12.3. The number of aromatic amines is 1. The number of ether oxygens (including phenoxy) is 2. The fraction of sp³-hybridized carbons (Fsp3) is 0.304. The smallest absolute Gasteiger partial charge is 0.273 e. The number of hydrogen-bond donors (Lipinski definition) is 2. The lowest BCUT2D eigenvalue weighted by atomic mass is 9.94. The van der Waals surface area contributed by atoms with Gasteiger partial charge in [-0.3, -0.25) is 9.89 Å². The number of H-pyrrole nitrogens is 1. The molecule has 3 heterocycles. The molecule has 0 bridgehead atoms. The Morgan fingerprint density at radius 1 is 1.12 bits per heavy atom. The highest BCUT2D eigenvalue weighted by molar-refractivity contribution is 7.91. The number of carbonyl (C=O) groups excluding carboxylic acids is 1. The van der Waals surface area contributed by atoms with E-state index in [-0.39, 0.29) is 28.9 Å². The third kappa shape index (κ3) is 3.41. The summed E-state index contributed by atoms with van der Waals surface area (Å²) in [4.78, 5) is 15.2. The summed E-state index contributed by atoms with van der Waals surface area (Å²) >= 11 is 0. The van der Waals surface area contributed by atoms with E-state index in [1.54, 1.807) is 41.3 Å². The number of methoxy groups -OCH3 is 2. The van der Waals surface area contributed by atoms with Gasteiger partial charge in [0.05, 0.1) is 31.8 Å². The van der Waals surface area contributed by atoms with Crippen molar-refractivity contribution in [1.29, 1.82) is 0 Å². The molecule has 1 fully saturated rings. The summed E-state index contributed by atoms with van der Waals surface area (Å²) in [5.74, 6) is 0.690. The van der Waals surface area contributed by atoms with Crippen LogP contribution in [0.3, 0.4) is 0 Å². The highest BCUT2D eigenvalue weighted by Crippen LogP contribution is 2.47. The van der Waals surface area contributed by atoms with E-state index in [1.165, 1.54) is 14.2 Å². The van der Waals surface area contributed by atoms with Crippen molar-refractivity contribution in [1.82, 2.24) is 15.1 Å². The summed E-state index contributed by atoms with van der Waals surface area (Å²) in [6.07, 6.45) is 0.363. The van der Waals surface area contributed by atoms with Crippen LogP contribution in [0.4, 0.5) is 0 Å². The van der Waals surface area contributed by atoms with Gasteiger partial charge in [-0.1, -0.05) is 18.2 Å². The molecule has 2 atom stereocenters. The van der Waals surface area contributed by atoms with Gasteiger partial charge in [0.1, 0.15) is 17.1 Å². The molecule has 2 aliphatic rings. The van der Waals surface area contributed by atoms with Gasteiger partial charge in [0.25, 0.3) is 5.91 Å². The molecule has 2 aliphatic heterocycles. The maximum Gasteiger partial charge on any atom is 0.273 e. The van der Waals surface area contributed by atoms with Gasteiger partial charge in [-0.05, 0) is 36.2 Å². The Bertz CT molecular complexity index is 1350. The lowest BCUT2D eigenvalue weighted by Gasteiger charge is -2.31. The third-order valence-corrected chi connectivity index (χ3v) is 8.04. The van der Waals surface area contributed by atoms with Crippen LogP contribution in [0.15, 0.2) is 42.5 Å². The highest BCUT2D eigenvalue weighted by atomic mass is 32.2. The molecule has 5 rings (SSSR count). The lowest BCUT2D eigenvalue weighted by Crippen LogP contribution is -2.40. The van der Waals surface area contributed by atoms with E-state index in [4.69, 9.17) is 9.47 Å². The minimum absolute atomic E-state index is 0.0344. The second-order valence-corrected chi connectivity index (χ2v) is 10.4. The molecule has 3 aromatic rings. The van der Waals surface area contributed by atoms with Crippen LogP contribution < -0.4 is 9.47 Å². The zero-order chi connectivity index (χ0) is 23.3. The minimum atomic E-state index is -3.23. The average molecular weight is 470 g/mol. The van der Waals surface area contributed by atoms with Crippen molar-refractivity contribution >= 4 is 15.7 Å². The standard InChI is InChI=1S/C23H23N3O6S/c1-31-17-8-7-13(11-18(17)32-2)22-19-20(15-5-3-4-6-16(15)27)24-25-21(19)23(28)26(22)14-9-10-33(29,30)12-14/h3-8,11,14,22,27H,9-10,12H2,1-2H3,(H,24,25). The van der Waals surface area contributed by atoms with Gasteiger partial charge in [0.15, 0.2) is 21.3 Å². The van der Waals surface area contributed by atoms with Crippen LogP contribution in [0.5, 0.6) is 17.2 Å². The van der Waals surface area contributed by atoms with E-state index in [2.05, 4.69) is 10.2 Å². The van der Waals surface area contributed by atoms with E-state index < -0.39 is 21.9 Å². The number of nitrogens with zero attached hydrogens (tertiary/aromatic N) is 2. The van der Waals surface area contributed by atoms with E-state index in [9.17, 15) is 18.3 Å². The lowest BCUT2D eigenvalue weighted by molar-refractivity contribution is 0.0677. The molecule has 172 valence electrons. The molecule has 9 nitrogen and oxygen atoms in total. The summed E-state index contributed by atoms with van der Waals surface area (Å²) in [6, 6.07) is 11.0. The van der Waals surface area contributed by atoms with E-state index in [1.807, 2.05) is 6.07 Å². The summed E-state index contributed by atoms with van der Waals surface area (Å²) < 4.78 is 35.3. The van der Waals surface area contributed by atoms with Crippen molar-refractivity contribution in [3.63, 3.8) is 0 Å². The largest absolute Gasteiger partial charge is 0.507 e. The summed E-state index contributed by atoms with van der Waals surface area (Å²) in [5, 5.41) is 17.6. The Balaban J connectivity index is 1.71. The van der Waals surface area contributed by atoms with Crippen molar-refractivity contribution in [2.45, 2.75) is 18.5 Å². The van der Waals surface area contributed by atoms with Crippen molar-refractivity contribution < 1.29 is 27.8 Å². The molecule has 0 saturated carbocycles. The number of benzene rings is 2. The maximum absolute atomic E-state index is 13.5. The number of fused-ring (bicyclic) bond motifs is 1. The Hall–Kier alpha value is -3.53. The minimum Gasteiger partial charge on any atom is -0.507 e. The SMILES string of the molecule is COc1ccc(C2c3c(-c4ccccc4O)n[nH]c3C(=O)N2C2CCS(=O)(=O)C2)cc1OC. The zero-order valence-electron chi connectivity index (χ0n) is 18.1. The van der Waals surface area contributed by atoms with Gasteiger partial charge in [-0.15, -0.1) is 0 Å². The van der Waals surface area contributed by atoms with Crippen LogP contribution >= 0.6 is 0 Å². The van der Waals surface area contributed by atoms with Crippen molar-refractivity contribution in [2.75, 3.05) is 25.7 Å². The molecule has 2 unspecified atom stereocenters. The number of nitrogens with one attached hydrogen (secondary N) is 1. The highest BCUT2D eigenvalue weighted by Gasteiger charge is 2.48. The van der Waals surface area contributed by atoms with Gasteiger partial charge < -0.3 is 19.5 Å². The van der Waals surface area contributed by atoms with Crippen molar-refractivity contribution in [2.24, 2.45) is 0 Å². The molecule has 0 radical (unpaired) electrons. The predicted octanol–water partition coefficient (Wildman–Crippen LogP) is 2.53. The number of para-hydroxylation sites is 1. The van der Waals surface area contributed by atoms with Gasteiger partial charge >= 0.3 is 0 Å². The fourth-order valence-electron chi connectivity index (χ4n) is 4.77. The van der Waals surface area contributed by atoms with Crippen LogP contribution in [0.1, 0.15) is 34.1 Å². The molecule has 1 amide bonds.